The molecule has 19 heavy (non-hydrogen) atoms. The molecule has 0 unspecified atom stereocenters. The van der Waals surface area contributed by atoms with Crippen molar-refractivity contribution in [1.82, 2.24) is 25.3 Å². The van der Waals surface area contributed by atoms with Crippen molar-refractivity contribution in [1.29, 1.82) is 0 Å². The number of fused-ring (bicyclic) bond motifs is 1. The van der Waals surface area contributed by atoms with Gasteiger partial charge in [-0.3, -0.25) is 0 Å². The van der Waals surface area contributed by atoms with Gasteiger partial charge >= 0.3 is 0 Å². The Hall–Kier alpha value is -1.69. The van der Waals surface area contributed by atoms with E-state index in [1.165, 1.54) is 19.3 Å². The molecule has 0 aromatic carbocycles. The van der Waals surface area contributed by atoms with E-state index in [9.17, 15) is 0 Å². The predicted octanol–water partition coefficient (Wildman–Crippen LogP) is 1.18. The van der Waals surface area contributed by atoms with Gasteiger partial charge in [0.2, 0.25) is 0 Å². The van der Waals surface area contributed by atoms with Crippen molar-refractivity contribution in [3.8, 4) is 0 Å². The molecule has 0 aliphatic carbocycles. The van der Waals surface area contributed by atoms with E-state index in [1.807, 2.05) is 7.05 Å². The second-order valence-corrected chi connectivity index (χ2v) is 5.12. The predicted molar refractivity (Wildman–Crippen MR) is 75.2 cm³/mol. The first-order chi connectivity index (χ1) is 9.38. The summed E-state index contributed by atoms with van der Waals surface area (Å²) in [5.74, 6) is 1.83. The van der Waals surface area contributed by atoms with Gasteiger partial charge in [0.05, 0.1) is 6.33 Å². The normalized spacial score (nSPS) is 17.2. The van der Waals surface area contributed by atoms with Crippen molar-refractivity contribution in [3.63, 3.8) is 0 Å². The molecule has 2 aromatic rings. The Balaban J connectivity index is 1.69. The molecule has 1 aliphatic rings. The fraction of sp³-hybridized carbons (Fsp3) is 0.615. The molecule has 2 aromatic heterocycles. The standard InChI is InChI=1S/C13H20N6/c1-14-5-2-10-3-6-19(7-4-10)13-11-12(16-8-15-11)17-9-18-13/h8-10,14H,2-7H2,1H3,(H,15,16,17,18). The van der Waals surface area contributed by atoms with Crippen LogP contribution in [-0.2, 0) is 0 Å². The van der Waals surface area contributed by atoms with Gasteiger partial charge in [-0.1, -0.05) is 0 Å². The Morgan fingerprint density at radius 1 is 1.32 bits per heavy atom. The maximum atomic E-state index is 4.42. The van der Waals surface area contributed by atoms with Crippen LogP contribution in [0.2, 0.25) is 0 Å². The molecule has 0 radical (unpaired) electrons. The van der Waals surface area contributed by atoms with Gasteiger partial charge in [0.15, 0.2) is 11.5 Å². The number of anilines is 1. The first-order valence-electron chi connectivity index (χ1n) is 6.92. The van der Waals surface area contributed by atoms with Crippen LogP contribution in [-0.4, -0.2) is 46.6 Å². The molecule has 3 rings (SSSR count). The van der Waals surface area contributed by atoms with Gasteiger partial charge in [-0.2, -0.15) is 0 Å². The first kappa shape index (κ1) is 12.3. The number of hydrogen-bond donors (Lipinski definition) is 2. The van der Waals surface area contributed by atoms with Crippen LogP contribution in [0.1, 0.15) is 19.3 Å². The summed E-state index contributed by atoms with van der Waals surface area (Å²) in [5.41, 5.74) is 1.71. The molecule has 0 spiro atoms. The maximum absolute atomic E-state index is 4.42. The van der Waals surface area contributed by atoms with Crippen molar-refractivity contribution in [2.75, 3.05) is 31.6 Å². The van der Waals surface area contributed by atoms with Gasteiger partial charge in [0, 0.05) is 13.1 Å². The minimum Gasteiger partial charge on any atom is -0.355 e. The number of rotatable bonds is 4. The monoisotopic (exact) mass is 260 g/mol. The van der Waals surface area contributed by atoms with E-state index in [4.69, 9.17) is 0 Å². The zero-order valence-corrected chi connectivity index (χ0v) is 11.3. The molecule has 0 saturated carbocycles. The van der Waals surface area contributed by atoms with Crippen molar-refractivity contribution in [2.24, 2.45) is 5.92 Å². The van der Waals surface area contributed by atoms with Crippen LogP contribution >= 0.6 is 0 Å². The molecular weight excluding hydrogens is 240 g/mol. The molecule has 6 nitrogen and oxygen atoms in total. The molecule has 6 heteroatoms. The largest absolute Gasteiger partial charge is 0.355 e. The summed E-state index contributed by atoms with van der Waals surface area (Å²) < 4.78 is 0. The highest BCUT2D eigenvalue weighted by Gasteiger charge is 2.21. The lowest BCUT2D eigenvalue weighted by Gasteiger charge is -2.32. The van der Waals surface area contributed by atoms with Gasteiger partial charge in [-0.15, -0.1) is 0 Å². The molecule has 0 bridgehead atoms. The van der Waals surface area contributed by atoms with Crippen LogP contribution in [0.5, 0.6) is 0 Å². The molecule has 1 fully saturated rings. The average Bonchev–Trinajstić information content (AvgIpc) is 2.94. The van der Waals surface area contributed by atoms with E-state index >= 15 is 0 Å². The Labute approximate surface area is 112 Å². The van der Waals surface area contributed by atoms with Crippen molar-refractivity contribution in [2.45, 2.75) is 19.3 Å². The highest BCUT2D eigenvalue weighted by atomic mass is 15.2. The summed E-state index contributed by atoms with van der Waals surface area (Å²) in [6.07, 6.45) is 7.03. The summed E-state index contributed by atoms with van der Waals surface area (Å²) in [4.78, 5) is 18.3. The zero-order chi connectivity index (χ0) is 13.1. The zero-order valence-electron chi connectivity index (χ0n) is 11.3. The van der Waals surface area contributed by atoms with E-state index < -0.39 is 0 Å². The highest BCUT2D eigenvalue weighted by Crippen LogP contribution is 2.26. The molecule has 0 atom stereocenters. The molecular formula is C13H20N6. The molecule has 0 amide bonds. The quantitative estimate of drug-likeness (QED) is 0.864. The third-order valence-corrected chi connectivity index (χ3v) is 3.92. The minimum absolute atomic E-state index is 0.752. The molecule has 1 aliphatic heterocycles. The lowest BCUT2D eigenvalue weighted by molar-refractivity contribution is 0.377. The lowest BCUT2D eigenvalue weighted by atomic mass is 9.93. The minimum atomic E-state index is 0.752. The van der Waals surface area contributed by atoms with Crippen molar-refractivity contribution < 1.29 is 0 Å². The smallest absolute Gasteiger partial charge is 0.182 e. The second-order valence-electron chi connectivity index (χ2n) is 5.12. The number of nitrogens with zero attached hydrogens (tertiary/aromatic N) is 4. The Kier molecular flexibility index (Phi) is 3.59. The lowest BCUT2D eigenvalue weighted by Crippen LogP contribution is -2.35. The Morgan fingerprint density at radius 2 is 2.16 bits per heavy atom. The topological polar surface area (TPSA) is 69.7 Å². The second kappa shape index (κ2) is 5.52. The fourth-order valence-electron chi connectivity index (χ4n) is 2.77. The average molecular weight is 260 g/mol. The summed E-state index contributed by atoms with van der Waals surface area (Å²) in [6.45, 7) is 3.25. The Bertz CT molecular complexity index is 529. The van der Waals surface area contributed by atoms with Gasteiger partial charge in [0.25, 0.3) is 0 Å². The van der Waals surface area contributed by atoms with Gasteiger partial charge in [0.1, 0.15) is 11.8 Å². The number of imidazole rings is 1. The summed E-state index contributed by atoms with van der Waals surface area (Å²) in [7, 11) is 2.02. The summed E-state index contributed by atoms with van der Waals surface area (Å²) >= 11 is 0. The molecule has 3 heterocycles. The number of hydrogen-bond acceptors (Lipinski definition) is 5. The SMILES string of the molecule is CNCCC1CCN(c2ncnc3nc[nH]c23)CC1. The number of aromatic nitrogens is 4. The first-order valence-corrected chi connectivity index (χ1v) is 6.92. The molecule has 2 N–H and O–H groups in total. The van der Waals surface area contributed by atoms with E-state index in [1.54, 1.807) is 12.7 Å². The highest BCUT2D eigenvalue weighted by molar-refractivity contribution is 5.82. The summed E-state index contributed by atoms with van der Waals surface area (Å²) in [6, 6.07) is 0. The van der Waals surface area contributed by atoms with Crippen LogP contribution in [0.15, 0.2) is 12.7 Å². The van der Waals surface area contributed by atoms with Crippen LogP contribution < -0.4 is 10.2 Å². The maximum Gasteiger partial charge on any atom is 0.182 e. The fourth-order valence-corrected chi connectivity index (χ4v) is 2.77. The van der Waals surface area contributed by atoms with Crippen molar-refractivity contribution >= 4 is 17.0 Å². The number of nitrogens with one attached hydrogen (secondary N) is 2. The number of H-pyrrole nitrogens is 1. The van der Waals surface area contributed by atoms with E-state index in [-0.39, 0.29) is 0 Å². The third-order valence-electron chi connectivity index (χ3n) is 3.92. The number of aromatic amines is 1. The van der Waals surface area contributed by atoms with Crippen molar-refractivity contribution in [3.05, 3.63) is 12.7 Å². The van der Waals surface area contributed by atoms with E-state index in [2.05, 4.69) is 30.2 Å². The Morgan fingerprint density at radius 3 is 2.95 bits per heavy atom. The number of piperidine rings is 1. The van der Waals surface area contributed by atoms with Gasteiger partial charge in [-0.25, -0.2) is 15.0 Å². The van der Waals surface area contributed by atoms with Crippen LogP contribution in [0.25, 0.3) is 11.2 Å². The van der Waals surface area contributed by atoms with Crippen LogP contribution in [0.3, 0.4) is 0 Å². The van der Waals surface area contributed by atoms with Crippen LogP contribution in [0.4, 0.5) is 5.82 Å². The van der Waals surface area contributed by atoms with E-state index in [0.29, 0.717) is 0 Å². The van der Waals surface area contributed by atoms with Gasteiger partial charge < -0.3 is 15.2 Å². The third kappa shape index (κ3) is 2.53. The van der Waals surface area contributed by atoms with Crippen LogP contribution in [0, 0.1) is 5.92 Å². The molecule has 102 valence electrons. The van der Waals surface area contributed by atoms with E-state index in [0.717, 1.165) is 42.5 Å². The van der Waals surface area contributed by atoms with Gasteiger partial charge in [-0.05, 0) is 38.8 Å². The summed E-state index contributed by atoms with van der Waals surface area (Å²) in [5, 5.41) is 3.23. The molecule has 1 saturated heterocycles.